The van der Waals surface area contributed by atoms with E-state index in [1.807, 2.05) is 4.98 Å². The van der Waals surface area contributed by atoms with Crippen molar-refractivity contribution in [1.82, 2.24) is 19.5 Å². The normalized spacial score (nSPS) is 33.8. The molecule has 200 valence electrons. The third-order valence-electron chi connectivity index (χ3n) is 6.17. The minimum absolute atomic E-state index is 0.0112. The molecule has 8 atom stereocenters. The highest BCUT2D eigenvalue weighted by Crippen LogP contribution is 2.40. The van der Waals surface area contributed by atoms with E-state index in [-0.39, 0.29) is 17.8 Å². The van der Waals surface area contributed by atoms with Gasteiger partial charge in [-0.25, -0.2) is 9.59 Å². The molecule has 0 spiro atoms. The monoisotopic (exact) mass is 515 g/mol. The van der Waals surface area contributed by atoms with Gasteiger partial charge in [-0.2, -0.15) is 4.98 Å². The number of rotatable bonds is 5. The van der Waals surface area contributed by atoms with E-state index in [9.17, 15) is 34.8 Å². The van der Waals surface area contributed by atoms with Gasteiger partial charge in [-0.1, -0.05) is 6.92 Å². The number of hydrogen-bond donors (Lipinski definition) is 9. The zero-order valence-electron chi connectivity index (χ0n) is 19.1. The van der Waals surface area contributed by atoms with Gasteiger partial charge in [0.15, 0.2) is 6.23 Å². The molecule has 2 fully saturated rings. The van der Waals surface area contributed by atoms with E-state index in [1.165, 1.54) is 12.3 Å². The highest BCUT2D eigenvalue weighted by molar-refractivity contribution is 5.24. The number of anilines is 1. The van der Waals surface area contributed by atoms with Crippen molar-refractivity contribution in [3.63, 3.8) is 0 Å². The van der Waals surface area contributed by atoms with Crippen LogP contribution in [-0.4, -0.2) is 100.0 Å². The summed E-state index contributed by atoms with van der Waals surface area (Å²) in [6.45, 7) is 0.730. The van der Waals surface area contributed by atoms with Crippen LogP contribution in [0.4, 0.5) is 5.82 Å². The molecule has 0 unspecified atom stereocenters. The quantitative estimate of drug-likeness (QED) is 0.181. The fourth-order valence-corrected chi connectivity index (χ4v) is 4.19. The highest BCUT2D eigenvalue weighted by Gasteiger charge is 2.55. The Hall–Kier alpha value is -2.96. The number of aliphatic hydroxyl groups excluding tert-OH is 6. The number of nitrogen functional groups attached to an aromatic ring is 1. The highest BCUT2D eigenvalue weighted by atomic mass is 16.6. The number of aromatic nitrogens is 4. The molecule has 2 aromatic heterocycles. The number of aliphatic hydroxyl groups is 6. The van der Waals surface area contributed by atoms with Crippen molar-refractivity contribution in [2.45, 2.75) is 61.8 Å². The fourth-order valence-electron chi connectivity index (χ4n) is 4.19. The molecule has 2 aliphatic heterocycles. The Morgan fingerprint density at radius 3 is 2.25 bits per heavy atom. The average molecular weight is 515 g/mol. The van der Waals surface area contributed by atoms with Crippen molar-refractivity contribution >= 4 is 5.82 Å². The second kappa shape index (κ2) is 11.0. The van der Waals surface area contributed by atoms with Gasteiger partial charge in [0.25, 0.3) is 5.56 Å². The second-order valence-corrected chi connectivity index (χ2v) is 8.27. The molecule has 0 saturated carbocycles. The summed E-state index contributed by atoms with van der Waals surface area (Å²) in [6, 6.07) is 1.37. The zero-order valence-corrected chi connectivity index (χ0v) is 19.1. The van der Waals surface area contributed by atoms with Gasteiger partial charge in [-0.15, -0.1) is 0 Å². The van der Waals surface area contributed by atoms with Gasteiger partial charge in [-0.05, 0) is 12.5 Å². The lowest BCUT2D eigenvalue weighted by atomic mass is 9.86. The first kappa shape index (κ1) is 27.6. The molecule has 0 aliphatic carbocycles. The molecule has 16 heteroatoms. The number of nitrogens with zero attached hydrogens (tertiary/aromatic N) is 2. The van der Waals surface area contributed by atoms with Gasteiger partial charge >= 0.3 is 11.4 Å². The summed E-state index contributed by atoms with van der Waals surface area (Å²) in [7, 11) is 0. The van der Waals surface area contributed by atoms with Crippen molar-refractivity contribution in [2.75, 3.05) is 18.9 Å². The molecule has 36 heavy (non-hydrogen) atoms. The third kappa shape index (κ3) is 4.97. The topological polar surface area (TPSA) is 266 Å². The first-order valence-corrected chi connectivity index (χ1v) is 10.9. The molecule has 0 radical (unpaired) electrons. The lowest BCUT2D eigenvalue weighted by Crippen LogP contribution is -2.45. The SMILES string of the molecule is CC[C@@]1(c2c[nH]c(=O)[nH]c2=O)O[C@H](CO)[C@@H](O)[C@H]1O.Nc1ccn([C@@H]2O[C@H](CO)[C@@H](O)[C@H]2O)c(=O)n1. The van der Waals surface area contributed by atoms with Gasteiger partial charge in [0.2, 0.25) is 0 Å². The van der Waals surface area contributed by atoms with Crippen LogP contribution in [-0.2, 0) is 15.1 Å². The fraction of sp³-hybridized carbons (Fsp3) is 0.600. The number of hydrogen-bond acceptors (Lipinski definition) is 13. The molecule has 0 aromatic carbocycles. The standard InChI is InChI=1S/C11H16N2O6.C9H13N3O5/c1-2-11(5-3-12-10(18)13-9(5)17)8(16)7(15)6(4-14)19-11;10-5-1-2-12(9(16)11-5)8-7(15)6(14)4(3-13)17-8/h3,6-8,14-16H,2,4H2,1H3,(H2,12,13,17,18);1-2,4,6-8,13-15H,3H2,(H2,10,11,16)/t6-,7-,8-,11+;4-,6-,7-,8-/m11/s1. The van der Waals surface area contributed by atoms with E-state index in [0.717, 1.165) is 10.8 Å². The van der Waals surface area contributed by atoms with Crippen molar-refractivity contribution < 1.29 is 40.1 Å². The van der Waals surface area contributed by atoms with Crippen LogP contribution >= 0.6 is 0 Å². The van der Waals surface area contributed by atoms with E-state index < -0.39 is 78.6 Å². The Bertz CT molecular complexity index is 1220. The summed E-state index contributed by atoms with van der Waals surface area (Å²) in [5.41, 5.74) is 1.81. The molecule has 2 aliphatic rings. The molecule has 2 saturated heterocycles. The van der Waals surface area contributed by atoms with Crippen molar-refractivity contribution in [3.05, 3.63) is 55.3 Å². The lowest BCUT2D eigenvalue weighted by molar-refractivity contribution is -0.101. The van der Waals surface area contributed by atoms with E-state index in [2.05, 4.69) is 9.97 Å². The van der Waals surface area contributed by atoms with Crippen molar-refractivity contribution in [3.8, 4) is 0 Å². The van der Waals surface area contributed by atoms with Gasteiger partial charge in [-0.3, -0.25) is 14.3 Å². The van der Waals surface area contributed by atoms with Crippen molar-refractivity contribution in [1.29, 1.82) is 0 Å². The molecular formula is C20H29N5O11. The third-order valence-corrected chi connectivity index (χ3v) is 6.17. The van der Waals surface area contributed by atoms with Gasteiger partial charge in [0, 0.05) is 12.4 Å². The summed E-state index contributed by atoms with van der Waals surface area (Å²) >= 11 is 0. The summed E-state index contributed by atoms with van der Waals surface area (Å²) < 4.78 is 11.7. The first-order chi connectivity index (χ1) is 17.0. The number of ether oxygens (including phenoxy) is 2. The molecule has 0 amide bonds. The smallest absolute Gasteiger partial charge is 0.351 e. The maximum atomic E-state index is 11.8. The number of H-pyrrole nitrogens is 2. The summed E-state index contributed by atoms with van der Waals surface area (Å²) in [4.78, 5) is 42.2. The molecular weight excluding hydrogens is 486 g/mol. The van der Waals surface area contributed by atoms with Gasteiger partial charge < -0.3 is 50.8 Å². The van der Waals surface area contributed by atoms with Crippen LogP contribution in [0.2, 0.25) is 0 Å². The molecule has 4 rings (SSSR count). The Morgan fingerprint density at radius 1 is 1.08 bits per heavy atom. The number of nitrogens with two attached hydrogens (primary N) is 1. The lowest BCUT2D eigenvalue weighted by Gasteiger charge is -2.30. The number of nitrogens with one attached hydrogen (secondary N) is 2. The van der Waals surface area contributed by atoms with Crippen LogP contribution < -0.4 is 22.7 Å². The van der Waals surface area contributed by atoms with E-state index >= 15 is 0 Å². The average Bonchev–Trinajstić information content (AvgIpc) is 3.27. The molecule has 2 aromatic rings. The van der Waals surface area contributed by atoms with Crippen LogP contribution in [0.15, 0.2) is 32.8 Å². The molecule has 16 nitrogen and oxygen atoms in total. The van der Waals surface area contributed by atoms with Crippen LogP contribution in [0.5, 0.6) is 0 Å². The van der Waals surface area contributed by atoms with E-state index in [4.69, 9.17) is 25.4 Å². The molecule has 4 heterocycles. The second-order valence-electron chi connectivity index (χ2n) is 8.27. The maximum absolute atomic E-state index is 11.8. The summed E-state index contributed by atoms with van der Waals surface area (Å²) in [5, 5.41) is 57.2. The Labute approximate surface area is 202 Å². The summed E-state index contributed by atoms with van der Waals surface area (Å²) in [6.07, 6.45) is -5.59. The van der Waals surface area contributed by atoms with Gasteiger partial charge in [0.05, 0.1) is 18.8 Å². The number of aromatic amines is 2. The Morgan fingerprint density at radius 2 is 1.75 bits per heavy atom. The predicted molar refractivity (Wildman–Crippen MR) is 120 cm³/mol. The Balaban J connectivity index is 0.000000202. The van der Waals surface area contributed by atoms with Crippen LogP contribution in [0.3, 0.4) is 0 Å². The predicted octanol–water partition coefficient (Wildman–Crippen LogP) is -4.78. The minimum atomic E-state index is -1.45. The van der Waals surface area contributed by atoms with Crippen LogP contribution in [0.25, 0.3) is 0 Å². The van der Waals surface area contributed by atoms with Gasteiger partial charge in [0.1, 0.15) is 48.0 Å². The summed E-state index contributed by atoms with van der Waals surface area (Å²) in [5.74, 6) is 0.0537. The largest absolute Gasteiger partial charge is 0.394 e. The van der Waals surface area contributed by atoms with Crippen molar-refractivity contribution in [2.24, 2.45) is 0 Å². The Kier molecular flexibility index (Phi) is 8.42. The first-order valence-electron chi connectivity index (χ1n) is 10.9. The minimum Gasteiger partial charge on any atom is -0.394 e. The zero-order chi connectivity index (χ0) is 26.8. The van der Waals surface area contributed by atoms with Crippen LogP contribution in [0, 0.1) is 0 Å². The maximum Gasteiger partial charge on any atom is 0.351 e. The molecule has 0 bridgehead atoms. The van der Waals surface area contributed by atoms with Crippen LogP contribution in [0.1, 0.15) is 25.1 Å². The van der Waals surface area contributed by atoms with E-state index in [1.54, 1.807) is 6.92 Å². The molecule has 10 N–H and O–H groups in total. The van der Waals surface area contributed by atoms with E-state index in [0.29, 0.717) is 0 Å².